The normalized spacial score (nSPS) is 11.5. The van der Waals surface area contributed by atoms with Crippen molar-refractivity contribution in [2.75, 3.05) is 30.7 Å². The molecule has 8 heteroatoms. The van der Waals surface area contributed by atoms with E-state index in [1.54, 1.807) is 30.5 Å². The average Bonchev–Trinajstić information content (AvgIpc) is 2.50. The van der Waals surface area contributed by atoms with Crippen molar-refractivity contribution in [3.05, 3.63) is 54.0 Å². The summed E-state index contributed by atoms with van der Waals surface area (Å²) in [5, 5.41) is 3.18. The summed E-state index contributed by atoms with van der Waals surface area (Å²) in [5.41, 5.74) is 1.81. The lowest BCUT2D eigenvalue weighted by Crippen LogP contribution is -2.29. The minimum atomic E-state index is -3.55. The number of pyridine rings is 1. The van der Waals surface area contributed by atoms with Crippen LogP contribution in [0.15, 0.2) is 42.6 Å². The smallest absolute Gasteiger partial charge is 0.302 e. The molecule has 2 N–H and O–H groups in total. The first-order chi connectivity index (χ1) is 10.9. The van der Waals surface area contributed by atoms with E-state index in [0.717, 1.165) is 22.0 Å². The fourth-order valence-electron chi connectivity index (χ4n) is 1.78. The minimum Gasteiger partial charge on any atom is -0.383 e. The zero-order valence-corrected chi connectivity index (χ0v) is 13.8. The number of nitrogens with one attached hydrogen (secondary N) is 2. The molecule has 0 saturated carbocycles. The lowest BCUT2D eigenvalue weighted by atomic mass is 10.1. The summed E-state index contributed by atoms with van der Waals surface area (Å²) in [4.78, 5) is 4.05. The molecular formula is C15H19FN4O2S. The van der Waals surface area contributed by atoms with E-state index < -0.39 is 10.2 Å². The van der Waals surface area contributed by atoms with Crippen molar-refractivity contribution in [3.8, 4) is 0 Å². The van der Waals surface area contributed by atoms with Crippen molar-refractivity contribution in [2.24, 2.45) is 0 Å². The van der Waals surface area contributed by atoms with Gasteiger partial charge < -0.3 is 5.32 Å². The lowest BCUT2D eigenvalue weighted by molar-refractivity contribution is 0.526. The van der Waals surface area contributed by atoms with Gasteiger partial charge in [0.1, 0.15) is 11.6 Å². The van der Waals surface area contributed by atoms with Gasteiger partial charge in [0, 0.05) is 20.6 Å². The van der Waals surface area contributed by atoms with Crippen LogP contribution in [0.4, 0.5) is 15.9 Å². The van der Waals surface area contributed by atoms with Gasteiger partial charge in [-0.2, -0.15) is 12.7 Å². The molecule has 0 radical (unpaired) electrons. The van der Waals surface area contributed by atoms with Gasteiger partial charge in [0.05, 0.1) is 11.9 Å². The molecule has 0 aliphatic heterocycles. The van der Waals surface area contributed by atoms with Crippen molar-refractivity contribution >= 4 is 21.7 Å². The van der Waals surface area contributed by atoms with Crippen LogP contribution < -0.4 is 10.0 Å². The van der Waals surface area contributed by atoms with Crippen LogP contribution in [0.3, 0.4) is 0 Å². The molecule has 1 heterocycles. The lowest BCUT2D eigenvalue weighted by Gasteiger charge is -2.13. The SMILES string of the molecule is CN(C)S(=O)(=O)Nc1ccc(NCCc2ccc(F)cc2)cn1. The maximum Gasteiger partial charge on any atom is 0.302 e. The van der Waals surface area contributed by atoms with Gasteiger partial charge >= 0.3 is 10.2 Å². The highest BCUT2D eigenvalue weighted by atomic mass is 32.2. The highest BCUT2D eigenvalue weighted by molar-refractivity contribution is 7.90. The Bertz CT molecular complexity index is 731. The van der Waals surface area contributed by atoms with E-state index in [1.165, 1.54) is 26.2 Å². The molecule has 0 atom stereocenters. The summed E-state index contributed by atoms with van der Waals surface area (Å²) in [6, 6.07) is 9.68. The first kappa shape index (κ1) is 17.2. The van der Waals surface area contributed by atoms with E-state index in [4.69, 9.17) is 0 Å². The predicted molar refractivity (Wildman–Crippen MR) is 89.1 cm³/mol. The number of hydrogen-bond acceptors (Lipinski definition) is 4. The van der Waals surface area contributed by atoms with Gasteiger partial charge in [0.15, 0.2) is 0 Å². The molecule has 6 nitrogen and oxygen atoms in total. The molecule has 0 unspecified atom stereocenters. The van der Waals surface area contributed by atoms with Crippen molar-refractivity contribution < 1.29 is 12.8 Å². The second kappa shape index (κ2) is 7.38. The summed E-state index contributed by atoms with van der Waals surface area (Å²) in [6.45, 7) is 0.663. The zero-order valence-electron chi connectivity index (χ0n) is 13.0. The van der Waals surface area contributed by atoms with E-state index in [0.29, 0.717) is 6.54 Å². The minimum absolute atomic E-state index is 0.248. The quantitative estimate of drug-likeness (QED) is 0.811. The third-order valence-corrected chi connectivity index (χ3v) is 4.56. The maximum absolute atomic E-state index is 12.8. The van der Waals surface area contributed by atoms with Gasteiger partial charge in [-0.15, -0.1) is 0 Å². The Kier molecular flexibility index (Phi) is 5.51. The van der Waals surface area contributed by atoms with E-state index >= 15 is 0 Å². The predicted octanol–water partition coefficient (Wildman–Crippen LogP) is 2.09. The summed E-state index contributed by atoms with van der Waals surface area (Å²) in [5.74, 6) is 0.00413. The monoisotopic (exact) mass is 338 g/mol. The number of aromatic nitrogens is 1. The Morgan fingerprint density at radius 1 is 1.13 bits per heavy atom. The van der Waals surface area contributed by atoms with Crippen LogP contribution in [0, 0.1) is 5.82 Å². The zero-order chi connectivity index (χ0) is 16.9. The Hall–Kier alpha value is -2.19. The van der Waals surface area contributed by atoms with Crippen molar-refractivity contribution in [2.45, 2.75) is 6.42 Å². The third kappa shape index (κ3) is 5.19. The number of rotatable bonds is 7. The van der Waals surface area contributed by atoms with Gasteiger partial charge in [-0.25, -0.2) is 9.37 Å². The largest absolute Gasteiger partial charge is 0.383 e. The summed E-state index contributed by atoms with van der Waals surface area (Å²) in [7, 11) is -0.674. The van der Waals surface area contributed by atoms with Crippen LogP contribution in [0.25, 0.3) is 0 Å². The highest BCUT2D eigenvalue weighted by Gasteiger charge is 2.13. The van der Waals surface area contributed by atoms with E-state index in [9.17, 15) is 12.8 Å². The number of hydrogen-bond donors (Lipinski definition) is 2. The van der Waals surface area contributed by atoms with Crippen molar-refractivity contribution in [1.82, 2.24) is 9.29 Å². The van der Waals surface area contributed by atoms with Gasteiger partial charge in [-0.3, -0.25) is 4.72 Å². The molecule has 0 saturated heterocycles. The first-order valence-electron chi connectivity index (χ1n) is 7.01. The summed E-state index contributed by atoms with van der Waals surface area (Å²) in [6.07, 6.45) is 2.30. The number of halogens is 1. The van der Waals surface area contributed by atoms with Gasteiger partial charge in [-0.05, 0) is 36.2 Å². The maximum atomic E-state index is 12.8. The van der Waals surface area contributed by atoms with Gasteiger partial charge in [0.2, 0.25) is 0 Å². The molecule has 1 aromatic carbocycles. The number of nitrogens with zero attached hydrogens (tertiary/aromatic N) is 2. The standard InChI is InChI=1S/C15H19FN4O2S/c1-20(2)23(21,22)19-15-8-7-14(11-18-15)17-10-9-12-3-5-13(16)6-4-12/h3-8,11,17H,9-10H2,1-2H3,(H,18,19). The van der Waals surface area contributed by atoms with Crippen LogP contribution in [-0.4, -0.2) is 38.3 Å². The molecule has 0 aliphatic carbocycles. The second-order valence-electron chi connectivity index (χ2n) is 5.12. The Labute approximate surface area is 135 Å². The molecule has 124 valence electrons. The second-order valence-corrected chi connectivity index (χ2v) is 7.01. The molecular weight excluding hydrogens is 319 g/mol. The number of anilines is 2. The third-order valence-electron chi connectivity index (χ3n) is 3.13. The molecule has 2 aromatic rings. The van der Waals surface area contributed by atoms with Crippen LogP contribution in [0.2, 0.25) is 0 Å². The molecule has 23 heavy (non-hydrogen) atoms. The summed E-state index contributed by atoms with van der Waals surface area (Å²) >= 11 is 0. The molecule has 0 spiro atoms. The topological polar surface area (TPSA) is 74.3 Å². The molecule has 0 bridgehead atoms. The van der Waals surface area contributed by atoms with E-state index in [2.05, 4.69) is 15.0 Å². The molecule has 0 amide bonds. The molecule has 0 fully saturated rings. The van der Waals surface area contributed by atoms with Crippen molar-refractivity contribution in [3.63, 3.8) is 0 Å². The Morgan fingerprint density at radius 2 is 1.83 bits per heavy atom. The van der Waals surface area contributed by atoms with Crippen LogP contribution in [0.5, 0.6) is 0 Å². The van der Waals surface area contributed by atoms with Gasteiger partial charge in [-0.1, -0.05) is 12.1 Å². The molecule has 2 rings (SSSR count). The van der Waals surface area contributed by atoms with Crippen LogP contribution in [0.1, 0.15) is 5.56 Å². The Morgan fingerprint density at radius 3 is 2.39 bits per heavy atom. The van der Waals surface area contributed by atoms with E-state index in [1.807, 2.05) is 0 Å². The highest BCUT2D eigenvalue weighted by Crippen LogP contribution is 2.12. The number of benzene rings is 1. The summed E-state index contributed by atoms with van der Waals surface area (Å²) < 4.78 is 39.6. The fourth-order valence-corrected chi connectivity index (χ4v) is 2.35. The Balaban J connectivity index is 1.86. The molecule has 1 aromatic heterocycles. The fraction of sp³-hybridized carbons (Fsp3) is 0.267. The molecule has 0 aliphatic rings. The van der Waals surface area contributed by atoms with E-state index in [-0.39, 0.29) is 11.6 Å². The van der Waals surface area contributed by atoms with Gasteiger partial charge in [0.25, 0.3) is 0 Å². The van der Waals surface area contributed by atoms with Crippen LogP contribution >= 0.6 is 0 Å². The van der Waals surface area contributed by atoms with Crippen molar-refractivity contribution in [1.29, 1.82) is 0 Å². The first-order valence-corrected chi connectivity index (χ1v) is 8.45. The average molecular weight is 338 g/mol. The van der Waals surface area contributed by atoms with Crippen LogP contribution in [-0.2, 0) is 16.6 Å².